The standard InChI is InChI=1S/C21H34BrN3O5/c1-4-7-12(3)24-19(28)17-21-11-13(22)16(30-21)14(18(27)23-8-5-2)15(21)20(29)25(17)9-6-10-26/h12-17,26H,4-11H2,1-3H3,(H,23,27)(H,24,28)/t12?,13?,14-,15+,16-,17?,21?/m1/s1. The maximum absolute atomic E-state index is 13.5. The summed E-state index contributed by atoms with van der Waals surface area (Å²) in [5, 5.41) is 15.3. The van der Waals surface area contributed by atoms with Crippen molar-refractivity contribution in [1.82, 2.24) is 15.5 Å². The minimum Gasteiger partial charge on any atom is -0.396 e. The summed E-state index contributed by atoms with van der Waals surface area (Å²) in [4.78, 5) is 41.3. The number of alkyl halides is 1. The fourth-order valence-corrected chi connectivity index (χ4v) is 6.35. The Bertz CT molecular complexity index is 677. The summed E-state index contributed by atoms with van der Waals surface area (Å²) in [6.07, 6.45) is 3.02. The summed E-state index contributed by atoms with van der Waals surface area (Å²) in [5.41, 5.74) is -1.02. The first-order valence-electron chi connectivity index (χ1n) is 11.1. The third-order valence-corrected chi connectivity index (χ3v) is 7.40. The van der Waals surface area contributed by atoms with Gasteiger partial charge in [0, 0.05) is 30.6 Å². The highest BCUT2D eigenvalue weighted by molar-refractivity contribution is 9.09. The second-order valence-electron chi connectivity index (χ2n) is 8.76. The van der Waals surface area contributed by atoms with E-state index in [-0.39, 0.29) is 41.7 Å². The summed E-state index contributed by atoms with van der Waals surface area (Å²) in [7, 11) is 0. The lowest BCUT2D eigenvalue weighted by molar-refractivity contribution is -0.142. The molecule has 0 aromatic rings. The number of aliphatic hydroxyl groups is 1. The molecule has 3 saturated heterocycles. The molecule has 3 N–H and O–H groups in total. The average Bonchev–Trinajstić information content (AvgIpc) is 3.28. The molecule has 9 heteroatoms. The van der Waals surface area contributed by atoms with Crippen molar-refractivity contribution in [2.45, 2.75) is 81.5 Å². The quantitative estimate of drug-likeness (QED) is 0.397. The lowest BCUT2D eigenvalue weighted by Gasteiger charge is -2.34. The van der Waals surface area contributed by atoms with Gasteiger partial charge in [-0.25, -0.2) is 0 Å². The zero-order chi connectivity index (χ0) is 22.1. The Balaban J connectivity index is 1.94. The molecule has 0 aliphatic carbocycles. The summed E-state index contributed by atoms with van der Waals surface area (Å²) in [5.74, 6) is -1.94. The number of hydrogen-bond acceptors (Lipinski definition) is 5. The number of nitrogens with zero attached hydrogens (tertiary/aromatic N) is 1. The predicted molar refractivity (Wildman–Crippen MR) is 115 cm³/mol. The van der Waals surface area contributed by atoms with Crippen LogP contribution in [0.4, 0.5) is 0 Å². The summed E-state index contributed by atoms with van der Waals surface area (Å²) in [6.45, 7) is 6.70. The molecule has 3 heterocycles. The Hall–Kier alpha value is -1.19. The number of amides is 3. The van der Waals surface area contributed by atoms with E-state index >= 15 is 0 Å². The molecule has 2 bridgehead atoms. The number of nitrogens with one attached hydrogen (secondary N) is 2. The fraction of sp³-hybridized carbons (Fsp3) is 0.857. The molecule has 4 unspecified atom stereocenters. The molecule has 8 nitrogen and oxygen atoms in total. The molecule has 0 aromatic carbocycles. The fourth-order valence-electron chi connectivity index (χ4n) is 5.40. The third kappa shape index (κ3) is 3.88. The number of fused-ring (bicyclic) bond motifs is 1. The Morgan fingerprint density at radius 2 is 2.07 bits per heavy atom. The molecule has 1 spiro atoms. The summed E-state index contributed by atoms with van der Waals surface area (Å²) in [6, 6.07) is -0.815. The lowest BCUT2D eigenvalue weighted by Crippen LogP contribution is -2.57. The van der Waals surface area contributed by atoms with E-state index in [2.05, 4.69) is 33.5 Å². The highest BCUT2D eigenvalue weighted by atomic mass is 79.9. The highest BCUT2D eigenvalue weighted by Crippen LogP contribution is 2.59. The first-order chi connectivity index (χ1) is 14.3. The normalized spacial score (nSPS) is 35.4. The number of likely N-dealkylation sites (tertiary alicyclic amines) is 1. The van der Waals surface area contributed by atoms with Gasteiger partial charge in [-0.15, -0.1) is 0 Å². The Kier molecular flexibility index (Phi) is 7.45. The minimum absolute atomic E-state index is 0.0187. The molecule has 30 heavy (non-hydrogen) atoms. The Morgan fingerprint density at radius 3 is 2.70 bits per heavy atom. The molecule has 170 valence electrons. The smallest absolute Gasteiger partial charge is 0.246 e. The van der Waals surface area contributed by atoms with Crippen molar-refractivity contribution in [3.8, 4) is 0 Å². The molecular formula is C21H34BrN3O5. The van der Waals surface area contributed by atoms with E-state index in [1.54, 1.807) is 0 Å². The summed E-state index contributed by atoms with van der Waals surface area (Å²) >= 11 is 3.64. The second kappa shape index (κ2) is 9.53. The molecule has 3 rings (SSSR count). The van der Waals surface area contributed by atoms with Crippen LogP contribution in [0.1, 0.15) is 52.9 Å². The zero-order valence-electron chi connectivity index (χ0n) is 18.0. The van der Waals surface area contributed by atoms with Crippen LogP contribution in [0.15, 0.2) is 0 Å². The van der Waals surface area contributed by atoms with Gasteiger partial charge in [0.25, 0.3) is 0 Å². The van der Waals surface area contributed by atoms with Crippen LogP contribution >= 0.6 is 15.9 Å². The van der Waals surface area contributed by atoms with Gasteiger partial charge in [0.15, 0.2) is 0 Å². The van der Waals surface area contributed by atoms with Gasteiger partial charge in [0.05, 0.1) is 17.9 Å². The van der Waals surface area contributed by atoms with E-state index in [0.717, 1.165) is 19.3 Å². The molecule has 7 atom stereocenters. The first kappa shape index (κ1) is 23.5. The van der Waals surface area contributed by atoms with E-state index in [1.807, 2.05) is 13.8 Å². The minimum atomic E-state index is -1.02. The number of halogens is 1. The van der Waals surface area contributed by atoms with E-state index in [9.17, 15) is 19.5 Å². The van der Waals surface area contributed by atoms with Crippen LogP contribution in [0.5, 0.6) is 0 Å². The van der Waals surface area contributed by atoms with Gasteiger partial charge < -0.3 is 25.4 Å². The summed E-state index contributed by atoms with van der Waals surface area (Å²) < 4.78 is 6.37. The van der Waals surface area contributed by atoms with E-state index in [0.29, 0.717) is 19.4 Å². The molecule has 3 aliphatic rings. The van der Waals surface area contributed by atoms with Crippen molar-refractivity contribution < 1.29 is 24.2 Å². The predicted octanol–water partition coefficient (Wildman–Crippen LogP) is 0.948. The number of ether oxygens (including phenoxy) is 1. The van der Waals surface area contributed by atoms with Gasteiger partial charge in [0.1, 0.15) is 11.6 Å². The van der Waals surface area contributed by atoms with Gasteiger partial charge in [-0.1, -0.05) is 36.2 Å². The SMILES string of the molecule is CCCNC(=O)[C@H]1[C@@H]2OC3(CC2Br)C(C(=O)NC(C)CCC)N(CCCO)C(=O)[C@H]13. The van der Waals surface area contributed by atoms with Gasteiger partial charge in [0.2, 0.25) is 17.7 Å². The molecule has 0 aromatic heterocycles. The third-order valence-electron chi connectivity index (χ3n) is 6.56. The van der Waals surface area contributed by atoms with Crippen molar-refractivity contribution in [3.63, 3.8) is 0 Å². The second-order valence-corrected chi connectivity index (χ2v) is 9.94. The first-order valence-corrected chi connectivity index (χ1v) is 12.0. The monoisotopic (exact) mass is 487 g/mol. The number of carbonyl (C=O) groups is 3. The number of rotatable bonds is 10. The van der Waals surface area contributed by atoms with Crippen molar-refractivity contribution in [3.05, 3.63) is 0 Å². The van der Waals surface area contributed by atoms with Crippen LogP contribution in [0.2, 0.25) is 0 Å². The van der Waals surface area contributed by atoms with Gasteiger partial charge >= 0.3 is 0 Å². The van der Waals surface area contributed by atoms with Crippen molar-refractivity contribution in [2.75, 3.05) is 19.7 Å². The van der Waals surface area contributed by atoms with E-state index in [1.165, 1.54) is 4.90 Å². The van der Waals surface area contributed by atoms with Crippen LogP contribution in [-0.4, -0.2) is 76.0 Å². The number of hydrogen-bond donors (Lipinski definition) is 3. The van der Waals surface area contributed by atoms with Crippen molar-refractivity contribution >= 4 is 33.7 Å². The number of carbonyl (C=O) groups excluding carboxylic acids is 3. The average molecular weight is 488 g/mol. The molecule has 3 amide bonds. The van der Waals surface area contributed by atoms with Gasteiger partial charge in [-0.2, -0.15) is 0 Å². The maximum Gasteiger partial charge on any atom is 0.246 e. The van der Waals surface area contributed by atoms with Crippen LogP contribution < -0.4 is 10.6 Å². The van der Waals surface area contributed by atoms with E-state index < -0.39 is 29.6 Å². The molecule has 0 saturated carbocycles. The lowest BCUT2D eigenvalue weighted by atomic mass is 9.70. The maximum atomic E-state index is 13.5. The Morgan fingerprint density at radius 1 is 1.33 bits per heavy atom. The zero-order valence-corrected chi connectivity index (χ0v) is 19.6. The molecular weight excluding hydrogens is 454 g/mol. The largest absolute Gasteiger partial charge is 0.396 e. The number of aliphatic hydroxyl groups excluding tert-OH is 1. The van der Waals surface area contributed by atoms with E-state index in [4.69, 9.17) is 4.74 Å². The molecule has 3 aliphatic heterocycles. The topological polar surface area (TPSA) is 108 Å². The Labute approximate surface area is 186 Å². The van der Waals surface area contributed by atoms with Crippen molar-refractivity contribution in [2.24, 2.45) is 11.8 Å². The highest BCUT2D eigenvalue weighted by Gasteiger charge is 2.76. The molecule has 3 fully saturated rings. The van der Waals surface area contributed by atoms with Crippen molar-refractivity contribution in [1.29, 1.82) is 0 Å². The van der Waals surface area contributed by atoms with Crippen LogP contribution in [0.25, 0.3) is 0 Å². The van der Waals surface area contributed by atoms with Crippen LogP contribution in [0, 0.1) is 11.8 Å². The van der Waals surface area contributed by atoms with Crippen LogP contribution in [0.3, 0.4) is 0 Å². The van der Waals surface area contributed by atoms with Gasteiger partial charge in [-0.3, -0.25) is 14.4 Å². The van der Waals surface area contributed by atoms with Gasteiger partial charge in [-0.05, 0) is 32.6 Å². The molecule has 0 radical (unpaired) electrons. The van der Waals surface area contributed by atoms with Crippen LogP contribution in [-0.2, 0) is 19.1 Å².